The second-order valence-corrected chi connectivity index (χ2v) is 8.69. The maximum atomic E-state index is 10.6. The standard InChI is InChI=1S/C27H45NO2.Li.H/c29-24-27(25-30)21-15-12-10-8-6-4-2-1-3-5-7-9-11-13-18-22-28-23-26-19-16-14-17-20-26;;/h14,16-17,19-20,24-25,27-28H,1-13,15,18,21-23H2;;/q;+1;-1. The van der Waals surface area contributed by atoms with Crippen LogP contribution in [-0.4, -0.2) is 19.1 Å². The van der Waals surface area contributed by atoms with Gasteiger partial charge in [-0.15, -0.1) is 0 Å². The molecule has 0 spiro atoms. The summed E-state index contributed by atoms with van der Waals surface area (Å²) >= 11 is 0. The van der Waals surface area contributed by atoms with Gasteiger partial charge in [0.05, 0.1) is 5.92 Å². The molecule has 3 nitrogen and oxygen atoms in total. The first-order valence-electron chi connectivity index (χ1n) is 12.5. The summed E-state index contributed by atoms with van der Waals surface area (Å²) in [7, 11) is 0. The van der Waals surface area contributed by atoms with Gasteiger partial charge in [-0.05, 0) is 24.9 Å². The van der Waals surface area contributed by atoms with Crippen LogP contribution in [0.15, 0.2) is 30.3 Å². The van der Waals surface area contributed by atoms with E-state index in [1.165, 1.54) is 89.0 Å². The number of rotatable bonds is 22. The molecule has 0 aliphatic carbocycles. The number of unbranched alkanes of at least 4 members (excludes halogenated alkanes) is 14. The maximum absolute atomic E-state index is 10.6. The van der Waals surface area contributed by atoms with E-state index < -0.39 is 0 Å². The smallest absolute Gasteiger partial charge is 1.00 e. The Morgan fingerprint density at radius 3 is 1.52 bits per heavy atom. The second kappa shape index (κ2) is 23.8. The van der Waals surface area contributed by atoms with E-state index in [0.717, 1.165) is 44.9 Å². The van der Waals surface area contributed by atoms with Crippen LogP contribution in [0.4, 0.5) is 0 Å². The van der Waals surface area contributed by atoms with Crippen molar-refractivity contribution in [2.24, 2.45) is 5.92 Å². The maximum Gasteiger partial charge on any atom is 1.00 e. The Balaban J connectivity index is 0. The van der Waals surface area contributed by atoms with Gasteiger partial charge in [0.1, 0.15) is 12.6 Å². The summed E-state index contributed by atoms with van der Waals surface area (Å²) in [5.74, 6) is -0.369. The summed E-state index contributed by atoms with van der Waals surface area (Å²) < 4.78 is 0. The van der Waals surface area contributed by atoms with E-state index in [-0.39, 0.29) is 26.2 Å². The molecule has 1 rings (SSSR count). The van der Waals surface area contributed by atoms with E-state index >= 15 is 0 Å². The molecule has 4 heteroatoms. The summed E-state index contributed by atoms with van der Waals surface area (Å²) in [4.78, 5) is 21.1. The van der Waals surface area contributed by atoms with Crippen molar-refractivity contribution in [2.75, 3.05) is 6.54 Å². The predicted octanol–water partition coefficient (Wildman–Crippen LogP) is 4.15. The first-order chi connectivity index (χ1) is 14.9. The van der Waals surface area contributed by atoms with Crippen LogP contribution in [0.3, 0.4) is 0 Å². The Hall–Kier alpha value is -0.883. The molecular formula is C27H46LiNO2. The van der Waals surface area contributed by atoms with E-state index in [2.05, 4.69) is 35.6 Å². The van der Waals surface area contributed by atoms with Crippen LogP contribution >= 0.6 is 0 Å². The zero-order valence-electron chi connectivity index (χ0n) is 21.2. The average Bonchev–Trinajstić information content (AvgIpc) is 2.78. The summed E-state index contributed by atoms with van der Waals surface area (Å²) in [5, 5.41) is 3.54. The molecule has 172 valence electrons. The Labute approximate surface area is 205 Å². The van der Waals surface area contributed by atoms with Crippen LogP contribution in [-0.2, 0) is 16.1 Å². The van der Waals surface area contributed by atoms with Crippen molar-refractivity contribution < 1.29 is 29.9 Å². The Kier molecular flexibility index (Phi) is 23.1. The van der Waals surface area contributed by atoms with Crippen molar-refractivity contribution in [1.82, 2.24) is 5.32 Å². The molecule has 0 aliphatic heterocycles. The van der Waals surface area contributed by atoms with E-state index in [4.69, 9.17) is 0 Å². The summed E-state index contributed by atoms with van der Waals surface area (Å²) in [6, 6.07) is 10.6. The number of hydrogen-bond acceptors (Lipinski definition) is 3. The van der Waals surface area contributed by atoms with Crippen LogP contribution in [0.5, 0.6) is 0 Å². The van der Waals surface area contributed by atoms with Gasteiger partial charge in [-0.1, -0.05) is 120 Å². The minimum atomic E-state index is -0.369. The van der Waals surface area contributed by atoms with Gasteiger partial charge in [-0.3, -0.25) is 0 Å². The molecule has 1 N–H and O–H groups in total. The van der Waals surface area contributed by atoms with Gasteiger partial charge in [-0.25, -0.2) is 0 Å². The molecule has 0 aromatic heterocycles. The van der Waals surface area contributed by atoms with Crippen molar-refractivity contribution in [3.63, 3.8) is 0 Å². The molecule has 0 atom stereocenters. The normalized spacial score (nSPS) is 10.7. The van der Waals surface area contributed by atoms with Gasteiger partial charge < -0.3 is 16.3 Å². The van der Waals surface area contributed by atoms with Gasteiger partial charge in [-0.2, -0.15) is 0 Å². The quantitative estimate of drug-likeness (QED) is 0.132. The van der Waals surface area contributed by atoms with E-state index in [9.17, 15) is 9.59 Å². The van der Waals surface area contributed by atoms with Crippen LogP contribution < -0.4 is 24.2 Å². The van der Waals surface area contributed by atoms with E-state index in [1.807, 2.05) is 0 Å². The first kappa shape index (κ1) is 30.1. The van der Waals surface area contributed by atoms with Crippen LogP contribution in [0.2, 0.25) is 0 Å². The molecule has 1 aromatic carbocycles. The van der Waals surface area contributed by atoms with Crippen LogP contribution in [0, 0.1) is 5.92 Å². The van der Waals surface area contributed by atoms with Crippen molar-refractivity contribution >= 4 is 12.6 Å². The summed E-state index contributed by atoms with van der Waals surface area (Å²) in [6.45, 7) is 2.12. The molecule has 0 heterocycles. The molecule has 0 aliphatic rings. The SMILES string of the molecule is O=CC(C=O)CCCCCCCCCCCCCCCCCNCc1ccccc1.[H-].[Li+]. The number of aldehydes is 2. The van der Waals surface area contributed by atoms with Gasteiger partial charge in [0, 0.05) is 6.54 Å². The number of benzene rings is 1. The van der Waals surface area contributed by atoms with Crippen molar-refractivity contribution in [3.8, 4) is 0 Å². The molecule has 0 fully saturated rings. The largest absolute Gasteiger partial charge is 1.00 e. The van der Waals surface area contributed by atoms with Gasteiger partial charge in [0.25, 0.3) is 0 Å². The summed E-state index contributed by atoms with van der Waals surface area (Å²) in [5.41, 5.74) is 1.37. The van der Waals surface area contributed by atoms with Gasteiger partial charge in [0.2, 0.25) is 0 Å². The Morgan fingerprint density at radius 2 is 1.06 bits per heavy atom. The molecule has 1 aromatic rings. The fourth-order valence-electron chi connectivity index (χ4n) is 3.92. The molecule has 0 saturated carbocycles. The fourth-order valence-corrected chi connectivity index (χ4v) is 3.92. The van der Waals surface area contributed by atoms with Crippen LogP contribution in [0.1, 0.15) is 110 Å². The minimum Gasteiger partial charge on any atom is -1.00 e. The zero-order valence-corrected chi connectivity index (χ0v) is 20.2. The molecule has 0 bridgehead atoms. The van der Waals surface area contributed by atoms with Crippen molar-refractivity contribution in [3.05, 3.63) is 35.9 Å². The molecule has 0 saturated heterocycles. The topological polar surface area (TPSA) is 46.2 Å². The molecule has 31 heavy (non-hydrogen) atoms. The summed E-state index contributed by atoms with van der Waals surface area (Å²) in [6.07, 6.45) is 22.1. The van der Waals surface area contributed by atoms with Crippen molar-refractivity contribution in [2.45, 2.75) is 109 Å². The number of nitrogens with one attached hydrogen (secondary N) is 1. The molecule has 0 radical (unpaired) electrons. The predicted molar refractivity (Wildman–Crippen MR) is 129 cm³/mol. The third-order valence-corrected chi connectivity index (χ3v) is 5.91. The van der Waals surface area contributed by atoms with E-state index in [1.54, 1.807) is 0 Å². The Morgan fingerprint density at radius 1 is 0.645 bits per heavy atom. The number of hydrogen-bond donors (Lipinski definition) is 1. The minimum absolute atomic E-state index is 0. The third-order valence-electron chi connectivity index (χ3n) is 5.91. The van der Waals surface area contributed by atoms with Gasteiger partial charge in [0.15, 0.2) is 0 Å². The fraction of sp³-hybridized carbons (Fsp3) is 0.704. The Bertz CT molecular complexity index is 508. The van der Waals surface area contributed by atoms with E-state index in [0.29, 0.717) is 0 Å². The second-order valence-electron chi connectivity index (χ2n) is 8.69. The van der Waals surface area contributed by atoms with Crippen LogP contribution in [0.25, 0.3) is 0 Å². The zero-order chi connectivity index (χ0) is 21.5. The molecule has 0 unspecified atom stereocenters. The molecule has 0 amide bonds. The number of carbonyl (C=O) groups is 2. The first-order valence-corrected chi connectivity index (χ1v) is 12.5. The van der Waals surface area contributed by atoms with Crippen molar-refractivity contribution in [1.29, 1.82) is 0 Å². The molecular weight excluding hydrogens is 377 g/mol. The van der Waals surface area contributed by atoms with Gasteiger partial charge >= 0.3 is 18.9 Å². The average molecular weight is 424 g/mol. The number of carbonyl (C=O) groups excluding carboxylic acids is 2. The third kappa shape index (κ3) is 19.5. The monoisotopic (exact) mass is 423 g/mol.